The summed E-state index contributed by atoms with van der Waals surface area (Å²) in [6, 6.07) is 6.18. The molecule has 0 aliphatic rings. The number of guanidine groups is 1. The highest BCUT2D eigenvalue weighted by Gasteiger charge is 2.11. The summed E-state index contributed by atoms with van der Waals surface area (Å²) in [5.74, 6) is 1.80. The molecule has 6 nitrogen and oxygen atoms in total. The van der Waals surface area contributed by atoms with Gasteiger partial charge in [-0.2, -0.15) is 0 Å². The molecule has 0 bridgehead atoms. The average molecular weight is 504 g/mol. The normalized spacial score (nSPS) is 12.2. The second-order valence-electron chi connectivity index (χ2n) is 6.30. The number of hydrogen-bond acceptors (Lipinski definition) is 4. The summed E-state index contributed by atoms with van der Waals surface area (Å²) in [5, 5.41) is 10.5. The van der Waals surface area contributed by atoms with Gasteiger partial charge in [0, 0.05) is 24.7 Å². The molecule has 0 fully saturated rings. The van der Waals surface area contributed by atoms with Crippen LogP contribution in [-0.4, -0.2) is 36.9 Å². The fourth-order valence-corrected chi connectivity index (χ4v) is 2.68. The van der Waals surface area contributed by atoms with E-state index in [9.17, 15) is 4.39 Å². The maximum absolute atomic E-state index is 13.3. The number of nitrogens with one attached hydrogen (secondary N) is 2. The standard InChI is InChI=1S/C20H29FN4O2.HI/c1-5-17(26-18-9-7-8-16(21)12-18)13-24-20(22-6-2)23-11-10-19-14(3)25-27-15(19)4;/h7-9,12,17H,5-6,10-11,13H2,1-4H3,(H2,22,23,24);1H. The smallest absolute Gasteiger partial charge is 0.191 e. The molecule has 1 aromatic carbocycles. The lowest BCUT2D eigenvalue weighted by atomic mass is 10.1. The summed E-state index contributed by atoms with van der Waals surface area (Å²) in [5.41, 5.74) is 2.05. The molecule has 0 aliphatic heterocycles. The number of aryl methyl sites for hydroxylation is 2. The average Bonchev–Trinajstić information content (AvgIpc) is 2.97. The first-order valence-corrected chi connectivity index (χ1v) is 9.39. The highest BCUT2D eigenvalue weighted by Crippen LogP contribution is 2.15. The van der Waals surface area contributed by atoms with E-state index in [0.29, 0.717) is 12.3 Å². The van der Waals surface area contributed by atoms with Gasteiger partial charge in [-0.3, -0.25) is 0 Å². The van der Waals surface area contributed by atoms with Crippen LogP contribution in [0.5, 0.6) is 5.75 Å². The molecule has 0 amide bonds. The van der Waals surface area contributed by atoms with Crippen molar-refractivity contribution >= 4 is 29.9 Å². The SMILES string of the molecule is CCNC(=NCC(CC)Oc1cccc(F)c1)NCCc1c(C)noc1C.I. The third-order valence-corrected chi connectivity index (χ3v) is 4.20. The zero-order valence-electron chi connectivity index (χ0n) is 16.9. The molecule has 0 saturated heterocycles. The lowest BCUT2D eigenvalue weighted by Crippen LogP contribution is -2.39. The summed E-state index contributed by atoms with van der Waals surface area (Å²) in [6.07, 6.45) is 1.46. The van der Waals surface area contributed by atoms with Crippen LogP contribution in [0, 0.1) is 19.7 Å². The molecule has 156 valence electrons. The van der Waals surface area contributed by atoms with Crippen molar-refractivity contribution in [1.82, 2.24) is 15.8 Å². The number of halogens is 2. The van der Waals surface area contributed by atoms with Crippen LogP contribution in [0.3, 0.4) is 0 Å². The molecule has 1 aromatic heterocycles. The van der Waals surface area contributed by atoms with Crippen molar-refractivity contribution in [2.75, 3.05) is 19.6 Å². The van der Waals surface area contributed by atoms with Gasteiger partial charge in [-0.1, -0.05) is 18.1 Å². The van der Waals surface area contributed by atoms with Gasteiger partial charge >= 0.3 is 0 Å². The zero-order chi connectivity index (χ0) is 19.6. The van der Waals surface area contributed by atoms with E-state index in [1.165, 1.54) is 12.1 Å². The van der Waals surface area contributed by atoms with Crippen molar-refractivity contribution in [3.63, 3.8) is 0 Å². The fourth-order valence-electron chi connectivity index (χ4n) is 2.68. The van der Waals surface area contributed by atoms with Crippen LogP contribution in [0.1, 0.15) is 37.3 Å². The van der Waals surface area contributed by atoms with Crippen LogP contribution in [0.2, 0.25) is 0 Å². The Morgan fingerprint density at radius 3 is 2.68 bits per heavy atom. The molecule has 1 unspecified atom stereocenters. The van der Waals surface area contributed by atoms with Crippen LogP contribution in [-0.2, 0) is 6.42 Å². The summed E-state index contributed by atoms with van der Waals surface area (Å²) < 4.78 is 24.3. The van der Waals surface area contributed by atoms with E-state index in [0.717, 1.165) is 48.9 Å². The molecule has 1 atom stereocenters. The Kier molecular flexibility index (Phi) is 10.9. The van der Waals surface area contributed by atoms with Crippen LogP contribution < -0.4 is 15.4 Å². The van der Waals surface area contributed by atoms with E-state index in [4.69, 9.17) is 9.26 Å². The lowest BCUT2D eigenvalue weighted by molar-refractivity contribution is 0.205. The van der Waals surface area contributed by atoms with Gasteiger partial charge in [0.15, 0.2) is 5.96 Å². The summed E-state index contributed by atoms with van der Waals surface area (Å²) >= 11 is 0. The lowest BCUT2D eigenvalue weighted by Gasteiger charge is -2.17. The first kappa shape index (κ1) is 24.2. The minimum Gasteiger partial charge on any atom is -0.488 e. The maximum Gasteiger partial charge on any atom is 0.191 e. The number of hydrogen-bond donors (Lipinski definition) is 2. The van der Waals surface area contributed by atoms with Gasteiger partial charge in [-0.05, 0) is 45.7 Å². The number of ether oxygens (including phenoxy) is 1. The number of nitrogens with zero attached hydrogens (tertiary/aromatic N) is 2. The summed E-state index contributed by atoms with van der Waals surface area (Å²) in [7, 11) is 0. The molecule has 0 spiro atoms. The fraction of sp³-hybridized carbons (Fsp3) is 0.500. The third-order valence-electron chi connectivity index (χ3n) is 4.20. The van der Waals surface area contributed by atoms with Crippen molar-refractivity contribution < 1.29 is 13.7 Å². The van der Waals surface area contributed by atoms with Gasteiger partial charge in [0.25, 0.3) is 0 Å². The van der Waals surface area contributed by atoms with Crippen LogP contribution >= 0.6 is 24.0 Å². The van der Waals surface area contributed by atoms with Gasteiger partial charge in [-0.15, -0.1) is 24.0 Å². The molecule has 28 heavy (non-hydrogen) atoms. The molecule has 0 saturated carbocycles. The second kappa shape index (κ2) is 12.6. The molecule has 2 N–H and O–H groups in total. The Morgan fingerprint density at radius 2 is 2.07 bits per heavy atom. The summed E-state index contributed by atoms with van der Waals surface area (Å²) in [4.78, 5) is 4.60. The van der Waals surface area contributed by atoms with E-state index in [2.05, 4.69) is 20.8 Å². The van der Waals surface area contributed by atoms with Gasteiger partial charge < -0.3 is 19.9 Å². The zero-order valence-corrected chi connectivity index (χ0v) is 19.2. The Bertz CT molecular complexity index is 732. The molecule has 0 aliphatic carbocycles. The number of benzene rings is 1. The first-order chi connectivity index (χ1) is 13.0. The van der Waals surface area contributed by atoms with Crippen molar-refractivity contribution in [3.05, 3.63) is 47.1 Å². The quantitative estimate of drug-likeness (QED) is 0.307. The minimum absolute atomic E-state index is 0. The Morgan fingerprint density at radius 1 is 1.29 bits per heavy atom. The molecular formula is C20H30FIN4O2. The van der Waals surface area contributed by atoms with Gasteiger partial charge in [0.1, 0.15) is 23.4 Å². The Balaban J connectivity index is 0.00000392. The van der Waals surface area contributed by atoms with E-state index in [-0.39, 0.29) is 35.9 Å². The van der Waals surface area contributed by atoms with Crippen molar-refractivity contribution in [2.45, 2.75) is 46.6 Å². The predicted octanol–water partition coefficient (Wildman–Crippen LogP) is 4.00. The van der Waals surface area contributed by atoms with E-state index in [1.807, 2.05) is 27.7 Å². The van der Waals surface area contributed by atoms with Crippen LogP contribution in [0.4, 0.5) is 4.39 Å². The van der Waals surface area contributed by atoms with Crippen LogP contribution in [0.25, 0.3) is 0 Å². The highest BCUT2D eigenvalue weighted by atomic mass is 127. The number of aromatic nitrogens is 1. The molecule has 1 heterocycles. The molecule has 0 radical (unpaired) electrons. The van der Waals surface area contributed by atoms with E-state index >= 15 is 0 Å². The van der Waals surface area contributed by atoms with Gasteiger partial charge in [0.05, 0.1) is 12.2 Å². The second-order valence-corrected chi connectivity index (χ2v) is 6.30. The first-order valence-electron chi connectivity index (χ1n) is 9.39. The van der Waals surface area contributed by atoms with E-state index in [1.54, 1.807) is 12.1 Å². The third kappa shape index (κ3) is 7.65. The largest absolute Gasteiger partial charge is 0.488 e. The maximum atomic E-state index is 13.3. The Hall–Kier alpha value is -1.84. The van der Waals surface area contributed by atoms with Crippen molar-refractivity contribution in [2.24, 2.45) is 4.99 Å². The molecular weight excluding hydrogens is 474 g/mol. The predicted molar refractivity (Wildman–Crippen MR) is 120 cm³/mol. The van der Waals surface area contributed by atoms with Crippen molar-refractivity contribution in [1.29, 1.82) is 0 Å². The van der Waals surface area contributed by atoms with Gasteiger partial charge in [-0.25, -0.2) is 9.38 Å². The molecule has 8 heteroatoms. The number of rotatable bonds is 9. The highest BCUT2D eigenvalue weighted by molar-refractivity contribution is 14.0. The topological polar surface area (TPSA) is 71.7 Å². The monoisotopic (exact) mass is 504 g/mol. The number of aliphatic imine (C=N–C) groups is 1. The Labute approximate surface area is 183 Å². The summed E-state index contributed by atoms with van der Waals surface area (Å²) in [6.45, 7) is 9.87. The minimum atomic E-state index is -0.305. The molecule has 2 aromatic rings. The molecule has 2 rings (SSSR count). The van der Waals surface area contributed by atoms with Crippen LogP contribution in [0.15, 0.2) is 33.8 Å². The van der Waals surface area contributed by atoms with E-state index < -0.39 is 0 Å². The van der Waals surface area contributed by atoms with Crippen molar-refractivity contribution in [3.8, 4) is 5.75 Å². The van der Waals surface area contributed by atoms with Gasteiger partial charge in [0.2, 0.25) is 0 Å².